The molecule has 0 aromatic carbocycles. The highest BCUT2D eigenvalue weighted by atomic mass is 16.5. The van der Waals surface area contributed by atoms with Crippen LogP contribution in [0.15, 0.2) is 0 Å². The van der Waals surface area contributed by atoms with Crippen molar-refractivity contribution in [1.29, 1.82) is 0 Å². The molecular weight excluding hydrogens is 244 g/mol. The summed E-state index contributed by atoms with van der Waals surface area (Å²) in [7, 11) is 2.87. The number of ether oxygens (including phenoxy) is 2. The summed E-state index contributed by atoms with van der Waals surface area (Å²) in [5.41, 5.74) is 0.444. The van der Waals surface area contributed by atoms with Gasteiger partial charge in [-0.2, -0.15) is 0 Å². The van der Waals surface area contributed by atoms with Crippen LogP contribution in [0.5, 0.6) is 0 Å². The van der Waals surface area contributed by atoms with Crippen molar-refractivity contribution in [3.05, 3.63) is 0 Å². The van der Waals surface area contributed by atoms with E-state index in [1.165, 1.54) is 14.2 Å². The molecule has 0 spiro atoms. The highest BCUT2D eigenvalue weighted by molar-refractivity contribution is 5.84. The summed E-state index contributed by atoms with van der Waals surface area (Å²) < 4.78 is 9.99. The summed E-state index contributed by atoms with van der Waals surface area (Å²) in [4.78, 5) is 24.4. The number of methoxy groups -OCH3 is 2. The Kier molecular flexibility index (Phi) is 1.52. The highest BCUT2D eigenvalue weighted by Crippen LogP contribution is 2.98. The van der Waals surface area contributed by atoms with Gasteiger partial charge >= 0.3 is 11.9 Å². The third-order valence-corrected chi connectivity index (χ3v) is 7.45. The molecule has 2 bridgehead atoms. The summed E-state index contributed by atoms with van der Waals surface area (Å²) in [6.07, 6.45) is 0. The molecule has 6 rings (SSSR count). The van der Waals surface area contributed by atoms with E-state index >= 15 is 0 Å². The summed E-state index contributed by atoms with van der Waals surface area (Å²) in [6.45, 7) is 2.38. The molecule has 4 heteroatoms. The minimum Gasteiger partial charge on any atom is -0.469 e. The second-order valence-corrected chi connectivity index (χ2v) is 7.35. The average molecular weight is 262 g/mol. The number of esters is 2. The fourth-order valence-corrected chi connectivity index (χ4v) is 7.30. The van der Waals surface area contributed by atoms with Crippen molar-refractivity contribution in [3.63, 3.8) is 0 Å². The topological polar surface area (TPSA) is 52.6 Å². The molecule has 102 valence electrons. The predicted octanol–water partition coefficient (Wildman–Crippen LogP) is 0.952. The predicted molar refractivity (Wildman–Crippen MR) is 63.5 cm³/mol. The maximum absolute atomic E-state index is 12.2. The minimum absolute atomic E-state index is 0.191. The largest absolute Gasteiger partial charge is 0.469 e. The van der Waals surface area contributed by atoms with Gasteiger partial charge in [-0.15, -0.1) is 0 Å². The molecule has 6 aliphatic rings. The van der Waals surface area contributed by atoms with Crippen molar-refractivity contribution >= 4 is 11.9 Å². The Morgan fingerprint density at radius 1 is 0.789 bits per heavy atom. The van der Waals surface area contributed by atoms with Crippen LogP contribution in [0.4, 0.5) is 0 Å². The smallest absolute Gasteiger partial charge is 0.309 e. The molecule has 0 N–H and O–H groups in total. The van der Waals surface area contributed by atoms with E-state index in [0.717, 1.165) is 5.92 Å². The number of hydrogen-bond donors (Lipinski definition) is 0. The molecule has 0 saturated heterocycles. The first-order chi connectivity index (χ1) is 9.08. The zero-order valence-electron chi connectivity index (χ0n) is 11.3. The Hall–Kier alpha value is -1.06. The number of rotatable bonds is 2. The molecular formula is C15H18O4. The Morgan fingerprint density at radius 2 is 1.21 bits per heavy atom. The Balaban J connectivity index is 1.62. The van der Waals surface area contributed by atoms with E-state index in [4.69, 9.17) is 9.47 Å². The molecule has 6 aliphatic carbocycles. The minimum atomic E-state index is -0.237. The molecule has 19 heavy (non-hydrogen) atoms. The quantitative estimate of drug-likeness (QED) is 0.695. The lowest BCUT2D eigenvalue weighted by atomic mass is 9.58. The van der Waals surface area contributed by atoms with Gasteiger partial charge in [0.25, 0.3) is 0 Å². The van der Waals surface area contributed by atoms with E-state index in [9.17, 15) is 9.59 Å². The number of hydrogen-bond acceptors (Lipinski definition) is 4. The second kappa shape index (κ2) is 2.70. The molecule has 2 unspecified atom stereocenters. The van der Waals surface area contributed by atoms with Crippen LogP contribution in [0.25, 0.3) is 0 Å². The third kappa shape index (κ3) is 0.796. The van der Waals surface area contributed by atoms with Gasteiger partial charge in [0.15, 0.2) is 0 Å². The fraction of sp³-hybridized carbons (Fsp3) is 0.867. The van der Waals surface area contributed by atoms with Crippen molar-refractivity contribution in [3.8, 4) is 0 Å². The van der Waals surface area contributed by atoms with Crippen molar-refractivity contribution in [2.75, 3.05) is 14.2 Å². The van der Waals surface area contributed by atoms with E-state index in [1.54, 1.807) is 0 Å². The van der Waals surface area contributed by atoms with Crippen LogP contribution in [0.3, 0.4) is 0 Å². The summed E-state index contributed by atoms with van der Waals surface area (Å²) in [5, 5.41) is 0. The van der Waals surface area contributed by atoms with Crippen LogP contribution < -0.4 is 0 Å². The number of fused-ring (bicyclic) bond motifs is 1. The van der Waals surface area contributed by atoms with Crippen molar-refractivity contribution in [2.24, 2.45) is 58.7 Å². The van der Waals surface area contributed by atoms with Crippen molar-refractivity contribution < 1.29 is 19.1 Å². The standard InChI is InChI=1S/C15H18O4/c1-15-10-4-5(10)7-9(14(17)19-3)8(13(16)18-2)6(4)11(15)12(7)15/h4-12H,1-3H3/t4-,5-,6-,7-,8-,9+,10?,11-,12+,15?/m0/s1. The van der Waals surface area contributed by atoms with Crippen LogP contribution in [0.2, 0.25) is 0 Å². The van der Waals surface area contributed by atoms with Crippen LogP contribution in [-0.2, 0) is 19.1 Å². The molecule has 10 atom stereocenters. The lowest BCUT2D eigenvalue weighted by Gasteiger charge is -2.44. The number of carbonyl (C=O) groups is 2. The molecule has 0 radical (unpaired) electrons. The maximum atomic E-state index is 12.2. The first-order valence-corrected chi connectivity index (χ1v) is 7.24. The molecule has 4 nitrogen and oxygen atoms in total. The molecule has 0 aliphatic heterocycles. The maximum Gasteiger partial charge on any atom is 0.309 e. The Morgan fingerprint density at radius 3 is 1.47 bits per heavy atom. The van der Waals surface area contributed by atoms with E-state index in [1.807, 2.05) is 0 Å². The first kappa shape index (κ1) is 10.7. The van der Waals surface area contributed by atoms with Gasteiger partial charge < -0.3 is 9.47 Å². The summed E-state index contributed by atoms with van der Waals surface area (Å²) in [5.74, 6) is 3.50. The monoisotopic (exact) mass is 262 g/mol. The van der Waals surface area contributed by atoms with Gasteiger partial charge in [0.05, 0.1) is 26.1 Å². The third-order valence-electron chi connectivity index (χ3n) is 7.45. The highest BCUT2D eigenvalue weighted by Gasteiger charge is 2.97. The zero-order chi connectivity index (χ0) is 13.3. The Labute approximate surface area is 111 Å². The Bertz CT molecular complexity index is 484. The van der Waals surface area contributed by atoms with Gasteiger partial charge in [-0.3, -0.25) is 9.59 Å². The first-order valence-electron chi connectivity index (χ1n) is 7.24. The van der Waals surface area contributed by atoms with Gasteiger partial charge in [0.2, 0.25) is 0 Å². The van der Waals surface area contributed by atoms with Crippen LogP contribution in [0, 0.1) is 58.7 Å². The van der Waals surface area contributed by atoms with Gasteiger partial charge in [0, 0.05) is 0 Å². The van der Waals surface area contributed by atoms with Gasteiger partial charge in [-0.25, -0.2) is 0 Å². The SMILES string of the molecule is COC(=O)[C@@H]1[C@H](C(=O)OC)[C@@H]2[C@H]3C4[C@@H]3[C@@H]1[C@H]1[C@@H]2C41C. The van der Waals surface area contributed by atoms with Gasteiger partial charge in [0.1, 0.15) is 0 Å². The molecule has 6 saturated carbocycles. The van der Waals surface area contributed by atoms with Crippen LogP contribution in [-0.4, -0.2) is 26.2 Å². The number of carbonyl (C=O) groups excluding carboxylic acids is 2. The average Bonchev–Trinajstić information content (AvgIpc) is 3.26. The molecule has 0 heterocycles. The summed E-state index contributed by atoms with van der Waals surface area (Å²) in [6, 6.07) is 0. The van der Waals surface area contributed by atoms with Crippen molar-refractivity contribution in [1.82, 2.24) is 0 Å². The normalized spacial score (nSPS) is 64.7. The van der Waals surface area contributed by atoms with Gasteiger partial charge in [-0.1, -0.05) is 6.92 Å². The lowest BCUT2D eigenvalue weighted by molar-refractivity contribution is -0.171. The van der Waals surface area contributed by atoms with Gasteiger partial charge in [-0.05, 0) is 46.8 Å². The molecule has 6 fully saturated rings. The van der Waals surface area contributed by atoms with E-state index in [-0.39, 0.29) is 23.8 Å². The van der Waals surface area contributed by atoms with E-state index in [0.29, 0.717) is 40.9 Å². The molecule has 0 amide bonds. The van der Waals surface area contributed by atoms with E-state index < -0.39 is 0 Å². The van der Waals surface area contributed by atoms with E-state index in [2.05, 4.69) is 6.92 Å². The fourth-order valence-electron chi connectivity index (χ4n) is 7.30. The molecule has 0 aromatic heterocycles. The lowest BCUT2D eigenvalue weighted by Crippen LogP contribution is -2.51. The zero-order valence-corrected chi connectivity index (χ0v) is 11.3. The van der Waals surface area contributed by atoms with Crippen LogP contribution in [0.1, 0.15) is 6.92 Å². The molecule has 0 aromatic rings. The second-order valence-electron chi connectivity index (χ2n) is 7.35. The summed E-state index contributed by atoms with van der Waals surface area (Å²) >= 11 is 0. The van der Waals surface area contributed by atoms with Crippen molar-refractivity contribution in [2.45, 2.75) is 6.92 Å². The van der Waals surface area contributed by atoms with Crippen LogP contribution >= 0.6 is 0 Å².